The minimum absolute atomic E-state index is 0.0624. The van der Waals surface area contributed by atoms with Crippen LogP contribution in [0.5, 0.6) is 0 Å². The lowest BCUT2D eigenvalue weighted by Gasteiger charge is -2.31. The molecule has 0 aromatic carbocycles. The quantitative estimate of drug-likeness (QED) is 0.871. The summed E-state index contributed by atoms with van der Waals surface area (Å²) in [6, 6.07) is 0. The van der Waals surface area contributed by atoms with Crippen molar-refractivity contribution in [3.05, 3.63) is 27.7 Å². The minimum atomic E-state index is -0.0749. The van der Waals surface area contributed by atoms with Gasteiger partial charge in [-0.05, 0) is 20.8 Å². The molecule has 0 radical (unpaired) electrons. The SMILES string of the molecule is CCOC(C)c1nc(CN2CCOC(c3n[nH]c(C)n3)C2)cs1. The van der Waals surface area contributed by atoms with Gasteiger partial charge in [-0.3, -0.25) is 10.00 Å². The zero-order valence-corrected chi connectivity index (χ0v) is 14.6. The van der Waals surface area contributed by atoms with Crippen molar-refractivity contribution in [1.29, 1.82) is 0 Å². The molecule has 7 nitrogen and oxygen atoms in total. The average molecular weight is 337 g/mol. The van der Waals surface area contributed by atoms with Gasteiger partial charge in [-0.2, -0.15) is 5.10 Å². The van der Waals surface area contributed by atoms with E-state index in [9.17, 15) is 0 Å². The zero-order chi connectivity index (χ0) is 16.2. The molecule has 0 bridgehead atoms. The van der Waals surface area contributed by atoms with Gasteiger partial charge in [-0.1, -0.05) is 0 Å². The van der Waals surface area contributed by atoms with E-state index in [1.165, 1.54) is 0 Å². The Labute approximate surface area is 140 Å². The van der Waals surface area contributed by atoms with Crippen molar-refractivity contribution < 1.29 is 9.47 Å². The number of morpholine rings is 1. The maximum absolute atomic E-state index is 5.80. The standard InChI is InChI=1S/C15H23N5O2S/c1-4-21-10(2)15-17-12(9-23-15)7-20-5-6-22-13(8-20)14-16-11(3)18-19-14/h9-10,13H,4-8H2,1-3H3,(H,16,18,19). The van der Waals surface area contributed by atoms with E-state index in [0.717, 1.165) is 42.0 Å². The van der Waals surface area contributed by atoms with Crippen molar-refractivity contribution in [2.24, 2.45) is 0 Å². The van der Waals surface area contributed by atoms with Crippen LogP contribution in [0.25, 0.3) is 0 Å². The molecule has 23 heavy (non-hydrogen) atoms. The monoisotopic (exact) mass is 337 g/mol. The summed E-state index contributed by atoms with van der Waals surface area (Å²) in [5, 5.41) is 10.2. The minimum Gasteiger partial charge on any atom is -0.372 e. The van der Waals surface area contributed by atoms with Crippen molar-refractivity contribution in [3.8, 4) is 0 Å². The van der Waals surface area contributed by atoms with Crippen molar-refractivity contribution >= 4 is 11.3 Å². The molecule has 0 saturated carbocycles. The highest BCUT2D eigenvalue weighted by molar-refractivity contribution is 7.09. The van der Waals surface area contributed by atoms with Crippen LogP contribution >= 0.6 is 11.3 Å². The van der Waals surface area contributed by atoms with Crippen LogP contribution in [-0.2, 0) is 16.0 Å². The molecule has 2 unspecified atom stereocenters. The Kier molecular flexibility index (Phi) is 5.37. The lowest BCUT2D eigenvalue weighted by Crippen LogP contribution is -2.38. The highest BCUT2D eigenvalue weighted by atomic mass is 32.1. The van der Waals surface area contributed by atoms with Crippen LogP contribution in [0, 0.1) is 6.92 Å². The van der Waals surface area contributed by atoms with Gasteiger partial charge in [0.15, 0.2) is 5.82 Å². The fourth-order valence-electron chi connectivity index (χ4n) is 2.64. The fourth-order valence-corrected chi connectivity index (χ4v) is 3.45. The first-order valence-electron chi connectivity index (χ1n) is 7.94. The second kappa shape index (κ2) is 7.48. The summed E-state index contributed by atoms with van der Waals surface area (Å²) >= 11 is 1.66. The van der Waals surface area contributed by atoms with E-state index in [1.54, 1.807) is 11.3 Å². The van der Waals surface area contributed by atoms with Crippen LogP contribution in [0.3, 0.4) is 0 Å². The van der Waals surface area contributed by atoms with Crippen LogP contribution in [0.2, 0.25) is 0 Å². The lowest BCUT2D eigenvalue weighted by atomic mass is 10.2. The summed E-state index contributed by atoms with van der Waals surface area (Å²) in [6.07, 6.45) is -0.0124. The van der Waals surface area contributed by atoms with Gasteiger partial charge in [-0.15, -0.1) is 11.3 Å². The second-order valence-corrected chi connectivity index (χ2v) is 6.54. The van der Waals surface area contributed by atoms with Gasteiger partial charge in [0.05, 0.1) is 12.3 Å². The van der Waals surface area contributed by atoms with E-state index < -0.39 is 0 Å². The highest BCUT2D eigenvalue weighted by Crippen LogP contribution is 2.24. The van der Waals surface area contributed by atoms with Crippen LogP contribution in [-0.4, -0.2) is 51.4 Å². The normalized spacial score (nSPS) is 20.7. The average Bonchev–Trinajstić information content (AvgIpc) is 3.17. The maximum atomic E-state index is 5.80. The van der Waals surface area contributed by atoms with Crippen LogP contribution < -0.4 is 0 Å². The predicted octanol–water partition coefficient (Wildman–Crippen LogP) is 2.24. The Balaban J connectivity index is 1.59. The Morgan fingerprint density at radius 2 is 2.39 bits per heavy atom. The molecule has 0 aliphatic carbocycles. The van der Waals surface area contributed by atoms with Crippen molar-refractivity contribution in [3.63, 3.8) is 0 Å². The van der Waals surface area contributed by atoms with Crippen LogP contribution in [0.1, 0.15) is 48.4 Å². The smallest absolute Gasteiger partial charge is 0.180 e. The molecule has 0 spiro atoms. The molecule has 8 heteroatoms. The molecular weight excluding hydrogens is 314 g/mol. The molecule has 126 valence electrons. The van der Waals surface area contributed by atoms with Crippen LogP contribution in [0.15, 0.2) is 5.38 Å². The van der Waals surface area contributed by atoms with E-state index in [0.29, 0.717) is 13.2 Å². The summed E-state index contributed by atoms with van der Waals surface area (Å²) in [6.45, 7) is 9.83. The largest absolute Gasteiger partial charge is 0.372 e. The predicted molar refractivity (Wildman–Crippen MR) is 87.2 cm³/mol. The Bertz CT molecular complexity index is 629. The maximum Gasteiger partial charge on any atom is 0.180 e. The zero-order valence-electron chi connectivity index (χ0n) is 13.8. The third-order valence-electron chi connectivity index (χ3n) is 3.77. The number of thiazole rings is 1. The molecule has 3 rings (SSSR count). The van der Waals surface area contributed by atoms with Gasteiger partial charge in [0.1, 0.15) is 23.0 Å². The molecule has 1 N–H and O–H groups in total. The summed E-state index contributed by atoms with van der Waals surface area (Å²) in [5.41, 5.74) is 1.09. The first kappa shape index (κ1) is 16.5. The second-order valence-electron chi connectivity index (χ2n) is 5.65. The van der Waals surface area contributed by atoms with Crippen molar-refractivity contribution in [2.45, 2.75) is 39.5 Å². The number of ether oxygens (including phenoxy) is 2. The molecule has 1 saturated heterocycles. The number of H-pyrrole nitrogens is 1. The molecule has 1 aliphatic heterocycles. The molecular formula is C15H23N5O2S. The van der Waals surface area contributed by atoms with Crippen molar-refractivity contribution in [1.82, 2.24) is 25.1 Å². The number of aryl methyl sites for hydroxylation is 1. The summed E-state index contributed by atoms with van der Waals surface area (Å²) in [4.78, 5) is 11.4. The fraction of sp³-hybridized carbons (Fsp3) is 0.667. The third-order valence-corrected chi connectivity index (χ3v) is 4.83. The summed E-state index contributed by atoms with van der Waals surface area (Å²) in [7, 11) is 0. The van der Waals surface area contributed by atoms with Gasteiger partial charge in [0.2, 0.25) is 0 Å². The third kappa shape index (κ3) is 4.14. The number of nitrogens with one attached hydrogen (secondary N) is 1. The first-order chi connectivity index (χ1) is 11.2. The van der Waals surface area contributed by atoms with Gasteiger partial charge >= 0.3 is 0 Å². The van der Waals surface area contributed by atoms with Gasteiger partial charge in [0.25, 0.3) is 0 Å². The molecule has 3 heterocycles. The van der Waals surface area contributed by atoms with Gasteiger partial charge < -0.3 is 9.47 Å². The van der Waals surface area contributed by atoms with E-state index in [-0.39, 0.29) is 12.2 Å². The number of aromatic amines is 1. The van der Waals surface area contributed by atoms with E-state index in [1.807, 2.05) is 20.8 Å². The first-order valence-corrected chi connectivity index (χ1v) is 8.82. The lowest BCUT2D eigenvalue weighted by molar-refractivity contribution is -0.0374. The molecule has 1 fully saturated rings. The van der Waals surface area contributed by atoms with E-state index >= 15 is 0 Å². The Morgan fingerprint density at radius 1 is 1.52 bits per heavy atom. The highest BCUT2D eigenvalue weighted by Gasteiger charge is 2.25. The number of rotatable bonds is 6. The van der Waals surface area contributed by atoms with E-state index in [2.05, 4.69) is 25.5 Å². The van der Waals surface area contributed by atoms with Gasteiger partial charge in [-0.25, -0.2) is 9.97 Å². The van der Waals surface area contributed by atoms with Crippen molar-refractivity contribution in [2.75, 3.05) is 26.3 Å². The molecule has 2 atom stereocenters. The van der Waals surface area contributed by atoms with Crippen LogP contribution in [0.4, 0.5) is 0 Å². The molecule has 2 aromatic heterocycles. The molecule has 1 aliphatic rings. The summed E-state index contributed by atoms with van der Waals surface area (Å²) < 4.78 is 11.4. The Morgan fingerprint density at radius 3 is 3.13 bits per heavy atom. The number of nitrogens with zero attached hydrogens (tertiary/aromatic N) is 4. The molecule has 0 amide bonds. The Hall–Kier alpha value is -1.35. The summed E-state index contributed by atoms with van der Waals surface area (Å²) in [5.74, 6) is 1.55. The number of hydrogen-bond donors (Lipinski definition) is 1. The number of aromatic nitrogens is 4. The number of hydrogen-bond acceptors (Lipinski definition) is 7. The van der Waals surface area contributed by atoms with Gasteiger partial charge in [0, 0.05) is 31.6 Å². The molecule has 2 aromatic rings. The topological polar surface area (TPSA) is 76.2 Å². The van der Waals surface area contributed by atoms with E-state index in [4.69, 9.17) is 14.5 Å².